The van der Waals surface area contributed by atoms with Gasteiger partial charge in [0.15, 0.2) is 0 Å². The van der Waals surface area contributed by atoms with Gasteiger partial charge < -0.3 is 10.4 Å². The number of halogens is 2. The van der Waals surface area contributed by atoms with Crippen LogP contribution in [0, 0.1) is 23.5 Å². The number of benzene rings is 1. The molecule has 114 valence electrons. The summed E-state index contributed by atoms with van der Waals surface area (Å²) < 4.78 is 27.3. The van der Waals surface area contributed by atoms with Crippen LogP contribution in [0.4, 0.5) is 8.78 Å². The van der Waals surface area contributed by atoms with Gasteiger partial charge in [-0.2, -0.15) is 0 Å². The molecule has 3 atom stereocenters. The van der Waals surface area contributed by atoms with Crippen LogP contribution in [0.25, 0.3) is 0 Å². The fourth-order valence-corrected chi connectivity index (χ4v) is 2.44. The second-order valence-electron chi connectivity index (χ2n) is 5.65. The van der Waals surface area contributed by atoms with Gasteiger partial charge in [-0.1, -0.05) is 19.9 Å². The molecule has 2 unspecified atom stereocenters. The number of aliphatic carboxylic acids is 1. The van der Waals surface area contributed by atoms with Gasteiger partial charge in [-0.15, -0.1) is 0 Å². The van der Waals surface area contributed by atoms with Crippen molar-refractivity contribution in [2.75, 3.05) is 0 Å². The Bertz CT molecular complexity index is 554. The fourth-order valence-electron chi connectivity index (χ4n) is 2.44. The Labute approximate surface area is 121 Å². The third kappa shape index (κ3) is 3.20. The Morgan fingerprint density at radius 3 is 2.33 bits per heavy atom. The van der Waals surface area contributed by atoms with Crippen LogP contribution < -0.4 is 5.32 Å². The molecule has 2 N–H and O–H groups in total. The second kappa shape index (κ2) is 5.79. The summed E-state index contributed by atoms with van der Waals surface area (Å²) in [5.41, 5.74) is -0.0888. The number of carboxylic acids is 1. The van der Waals surface area contributed by atoms with Gasteiger partial charge in [0.05, 0.1) is 0 Å². The molecule has 4 nitrogen and oxygen atoms in total. The Morgan fingerprint density at radius 1 is 1.29 bits per heavy atom. The Hall–Kier alpha value is -1.98. The molecule has 6 heteroatoms. The van der Waals surface area contributed by atoms with Crippen LogP contribution in [0.1, 0.15) is 31.7 Å². The molecule has 0 radical (unpaired) electrons. The lowest BCUT2D eigenvalue weighted by atomic mass is 10.0. The lowest BCUT2D eigenvalue weighted by molar-refractivity contribution is -0.143. The van der Waals surface area contributed by atoms with Gasteiger partial charge in [0, 0.05) is 17.4 Å². The molecule has 0 aliphatic heterocycles. The van der Waals surface area contributed by atoms with Gasteiger partial charge in [-0.3, -0.25) is 4.79 Å². The molecule has 1 saturated carbocycles. The van der Waals surface area contributed by atoms with E-state index in [0.29, 0.717) is 6.42 Å². The Morgan fingerprint density at radius 2 is 1.86 bits per heavy atom. The van der Waals surface area contributed by atoms with Crippen molar-refractivity contribution in [1.82, 2.24) is 5.32 Å². The molecule has 0 saturated heterocycles. The molecule has 21 heavy (non-hydrogen) atoms. The number of hydrogen-bond donors (Lipinski definition) is 2. The molecule has 0 bridgehead atoms. The number of hydrogen-bond acceptors (Lipinski definition) is 2. The molecule has 1 aliphatic rings. The quantitative estimate of drug-likeness (QED) is 0.876. The third-order valence-corrected chi connectivity index (χ3v) is 3.73. The minimum absolute atomic E-state index is 0.0888. The summed E-state index contributed by atoms with van der Waals surface area (Å²) >= 11 is 0. The van der Waals surface area contributed by atoms with Crippen LogP contribution in [0.3, 0.4) is 0 Å². The van der Waals surface area contributed by atoms with E-state index in [-0.39, 0.29) is 11.5 Å². The van der Waals surface area contributed by atoms with Crippen molar-refractivity contribution in [3.63, 3.8) is 0 Å². The van der Waals surface area contributed by atoms with E-state index in [4.69, 9.17) is 5.11 Å². The predicted molar refractivity (Wildman–Crippen MR) is 71.6 cm³/mol. The number of carboxylic acid groups (broad SMARTS) is 1. The summed E-state index contributed by atoms with van der Waals surface area (Å²) in [6.45, 7) is 3.36. The van der Waals surface area contributed by atoms with Gasteiger partial charge >= 0.3 is 5.97 Å². The number of carbonyl (C=O) groups is 2. The molecule has 0 aromatic heterocycles. The highest BCUT2D eigenvalue weighted by molar-refractivity contribution is 5.87. The van der Waals surface area contributed by atoms with E-state index in [0.717, 1.165) is 12.1 Å². The van der Waals surface area contributed by atoms with Gasteiger partial charge in [-0.05, 0) is 24.5 Å². The lowest BCUT2D eigenvalue weighted by Gasteiger charge is -2.17. The van der Waals surface area contributed by atoms with Crippen LogP contribution in [-0.2, 0) is 9.59 Å². The first-order valence-electron chi connectivity index (χ1n) is 6.80. The van der Waals surface area contributed by atoms with Crippen LogP contribution in [0.2, 0.25) is 0 Å². The number of nitrogens with one attached hydrogen (secondary N) is 1. The predicted octanol–water partition coefficient (Wildman–Crippen LogP) is 2.29. The SMILES string of the molecule is CC(C)[C@@H](NC(=O)C1CC1c1c(F)cccc1F)C(=O)O. The summed E-state index contributed by atoms with van der Waals surface area (Å²) in [4.78, 5) is 23.1. The molecule has 1 aliphatic carbocycles. The first-order valence-corrected chi connectivity index (χ1v) is 6.80. The third-order valence-electron chi connectivity index (χ3n) is 3.73. The molecule has 1 aromatic rings. The van der Waals surface area contributed by atoms with Crippen LogP contribution in [-0.4, -0.2) is 23.0 Å². The zero-order valence-electron chi connectivity index (χ0n) is 11.8. The second-order valence-corrected chi connectivity index (χ2v) is 5.65. The minimum Gasteiger partial charge on any atom is -0.480 e. The molecule has 0 spiro atoms. The highest BCUT2D eigenvalue weighted by Gasteiger charge is 2.47. The van der Waals surface area contributed by atoms with Crippen molar-refractivity contribution in [3.05, 3.63) is 35.4 Å². The van der Waals surface area contributed by atoms with Crippen molar-refractivity contribution in [2.45, 2.75) is 32.2 Å². The normalized spacial score (nSPS) is 22.0. The molecule has 0 heterocycles. The summed E-state index contributed by atoms with van der Waals surface area (Å²) in [5, 5.41) is 11.5. The van der Waals surface area contributed by atoms with Crippen LogP contribution in [0.5, 0.6) is 0 Å². The smallest absolute Gasteiger partial charge is 0.326 e. The van der Waals surface area contributed by atoms with E-state index in [2.05, 4.69) is 5.32 Å². The highest BCUT2D eigenvalue weighted by Crippen LogP contribution is 2.49. The summed E-state index contributed by atoms with van der Waals surface area (Å²) in [6, 6.07) is 2.58. The molecular weight excluding hydrogens is 280 g/mol. The van der Waals surface area contributed by atoms with E-state index in [1.807, 2.05) is 0 Å². The largest absolute Gasteiger partial charge is 0.480 e. The molecule has 1 fully saturated rings. The van der Waals surface area contributed by atoms with Gasteiger partial charge in [0.2, 0.25) is 5.91 Å². The molecular formula is C15H17F2NO3. The average Bonchev–Trinajstić information content (AvgIpc) is 3.15. The maximum atomic E-state index is 13.6. The van der Waals surface area contributed by atoms with Crippen molar-refractivity contribution < 1.29 is 23.5 Å². The molecule has 1 aromatic carbocycles. The Kier molecular flexibility index (Phi) is 4.25. The topological polar surface area (TPSA) is 66.4 Å². The van der Waals surface area contributed by atoms with E-state index >= 15 is 0 Å². The van der Waals surface area contributed by atoms with Crippen molar-refractivity contribution in [2.24, 2.45) is 11.8 Å². The van der Waals surface area contributed by atoms with E-state index < -0.39 is 41.4 Å². The van der Waals surface area contributed by atoms with Crippen molar-refractivity contribution in [1.29, 1.82) is 0 Å². The lowest BCUT2D eigenvalue weighted by Crippen LogP contribution is -2.45. The number of amides is 1. The van der Waals surface area contributed by atoms with E-state index in [1.165, 1.54) is 6.07 Å². The molecule has 2 rings (SSSR count). The van der Waals surface area contributed by atoms with E-state index in [9.17, 15) is 18.4 Å². The Balaban J connectivity index is 2.06. The monoisotopic (exact) mass is 297 g/mol. The van der Waals surface area contributed by atoms with Crippen LogP contribution >= 0.6 is 0 Å². The van der Waals surface area contributed by atoms with E-state index in [1.54, 1.807) is 13.8 Å². The maximum absolute atomic E-state index is 13.6. The standard InChI is InChI=1S/C15H17F2NO3/c1-7(2)13(15(20)21)18-14(19)9-6-8(9)12-10(16)4-3-5-11(12)17/h3-5,7-9,13H,6H2,1-2H3,(H,18,19)(H,20,21)/t8?,9?,13-/m1/s1. The summed E-state index contributed by atoms with van der Waals surface area (Å²) in [6.07, 6.45) is 0.328. The first kappa shape index (κ1) is 15.4. The first-order chi connectivity index (χ1) is 9.82. The fraction of sp³-hybridized carbons (Fsp3) is 0.467. The average molecular weight is 297 g/mol. The van der Waals surface area contributed by atoms with Crippen molar-refractivity contribution >= 4 is 11.9 Å². The molecule has 1 amide bonds. The van der Waals surface area contributed by atoms with Gasteiger partial charge in [0.25, 0.3) is 0 Å². The number of carbonyl (C=O) groups excluding carboxylic acids is 1. The minimum atomic E-state index is -1.12. The number of rotatable bonds is 5. The van der Waals surface area contributed by atoms with Crippen molar-refractivity contribution in [3.8, 4) is 0 Å². The summed E-state index contributed by atoms with van der Waals surface area (Å²) in [7, 11) is 0. The van der Waals surface area contributed by atoms with Gasteiger partial charge in [0.1, 0.15) is 17.7 Å². The zero-order chi connectivity index (χ0) is 15.7. The van der Waals surface area contributed by atoms with Crippen LogP contribution in [0.15, 0.2) is 18.2 Å². The maximum Gasteiger partial charge on any atom is 0.326 e. The van der Waals surface area contributed by atoms with Gasteiger partial charge in [-0.25, -0.2) is 13.6 Å². The highest BCUT2D eigenvalue weighted by atomic mass is 19.1. The zero-order valence-corrected chi connectivity index (χ0v) is 11.8. The summed E-state index contributed by atoms with van der Waals surface area (Å²) in [5.74, 6) is -4.29.